The lowest BCUT2D eigenvalue weighted by atomic mass is 9.85. The van der Waals surface area contributed by atoms with Gasteiger partial charge >= 0.3 is 0 Å². The van der Waals surface area contributed by atoms with Gasteiger partial charge in [-0.15, -0.1) is 0 Å². The molecule has 0 bridgehead atoms. The molecule has 1 heterocycles. The molecule has 1 aliphatic carbocycles. The van der Waals surface area contributed by atoms with Gasteiger partial charge in [-0.05, 0) is 54.8 Å². The third kappa shape index (κ3) is 8.92. The summed E-state index contributed by atoms with van der Waals surface area (Å²) < 4.78 is 39.4. The van der Waals surface area contributed by atoms with E-state index in [4.69, 9.17) is 5.11 Å². The van der Waals surface area contributed by atoms with Crippen molar-refractivity contribution in [2.24, 2.45) is 5.92 Å². The lowest BCUT2D eigenvalue weighted by Crippen LogP contribution is -2.35. The molecule has 0 radical (unpaired) electrons. The van der Waals surface area contributed by atoms with E-state index in [-0.39, 0.29) is 29.8 Å². The van der Waals surface area contributed by atoms with Crippen LogP contribution in [0.5, 0.6) is 0 Å². The Labute approximate surface area is 194 Å². The van der Waals surface area contributed by atoms with Gasteiger partial charge in [-0.3, -0.25) is 4.79 Å². The molecule has 1 amide bonds. The van der Waals surface area contributed by atoms with Gasteiger partial charge < -0.3 is 15.4 Å². The van der Waals surface area contributed by atoms with Crippen molar-refractivity contribution in [2.45, 2.75) is 53.4 Å². The first-order chi connectivity index (χ1) is 15.9. The molecule has 4 rings (SSSR count). The number of hydrogen-bond acceptors (Lipinski definition) is 2. The van der Waals surface area contributed by atoms with Gasteiger partial charge in [0.15, 0.2) is 0 Å². The molecular weight excluding hydrogens is 429 g/mol. The summed E-state index contributed by atoms with van der Waals surface area (Å²) in [5, 5.41) is 11.5. The molecule has 7 heteroatoms. The fraction of sp³-hybridized carbons (Fsp3) is 0.423. The van der Waals surface area contributed by atoms with E-state index in [0.717, 1.165) is 18.9 Å². The van der Waals surface area contributed by atoms with Crippen LogP contribution in [0.2, 0.25) is 0 Å². The molecule has 2 aromatic carbocycles. The van der Waals surface area contributed by atoms with Gasteiger partial charge in [0.2, 0.25) is 5.91 Å². The second-order valence-corrected chi connectivity index (χ2v) is 7.39. The SMILES string of the molecule is CC.CCC.Fc1ccc(-c2cc3cc(F)cc(F)c3[nH]2)cc1.O=C(NCCO)C1CCC1. The normalized spacial score (nSPS) is 12.2. The van der Waals surface area contributed by atoms with Gasteiger partial charge in [0.25, 0.3) is 0 Å². The van der Waals surface area contributed by atoms with Crippen LogP contribution in [-0.4, -0.2) is 29.1 Å². The first-order valence-corrected chi connectivity index (χ1v) is 11.5. The molecular formula is C26H35F3N2O2. The third-order valence-electron chi connectivity index (χ3n) is 4.69. The molecule has 1 saturated carbocycles. The van der Waals surface area contributed by atoms with E-state index in [0.29, 0.717) is 23.2 Å². The summed E-state index contributed by atoms with van der Waals surface area (Å²) in [6.45, 7) is 8.69. The quantitative estimate of drug-likeness (QED) is 0.408. The monoisotopic (exact) mass is 464 g/mol. The number of rotatable bonds is 4. The topological polar surface area (TPSA) is 65.1 Å². The maximum Gasteiger partial charge on any atom is 0.223 e. The van der Waals surface area contributed by atoms with Crippen LogP contribution in [-0.2, 0) is 4.79 Å². The number of carbonyl (C=O) groups excluding carboxylic acids is 1. The third-order valence-corrected chi connectivity index (χ3v) is 4.69. The summed E-state index contributed by atoms with van der Waals surface area (Å²) in [6, 6.07) is 9.50. The molecule has 3 N–H and O–H groups in total. The summed E-state index contributed by atoms with van der Waals surface area (Å²) in [4.78, 5) is 13.8. The van der Waals surface area contributed by atoms with Gasteiger partial charge in [0.05, 0.1) is 12.1 Å². The summed E-state index contributed by atoms with van der Waals surface area (Å²) >= 11 is 0. The number of amides is 1. The van der Waals surface area contributed by atoms with Crippen LogP contribution in [0.4, 0.5) is 13.2 Å². The Morgan fingerprint density at radius 3 is 2.15 bits per heavy atom. The average molecular weight is 465 g/mol. The Kier molecular flexibility index (Phi) is 12.9. The Morgan fingerprint density at radius 1 is 1.03 bits per heavy atom. The Balaban J connectivity index is 0.000000308. The van der Waals surface area contributed by atoms with Crippen molar-refractivity contribution in [2.75, 3.05) is 13.2 Å². The minimum Gasteiger partial charge on any atom is -0.395 e. The average Bonchev–Trinajstić information content (AvgIpc) is 3.18. The first kappa shape index (κ1) is 28.2. The predicted molar refractivity (Wildman–Crippen MR) is 128 cm³/mol. The van der Waals surface area contributed by atoms with E-state index in [1.54, 1.807) is 18.2 Å². The highest BCUT2D eigenvalue weighted by atomic mass is 19.1. The number of aliphatic hydroxyl groups is 1. The maximum atomic E-state index is 13.5. The lowest BCUT2D eigenvalue weighted by molar-refractivity contribution is -0.127. The van der Waals surface area contributed by atoms with E-state index in [1.807, 2.05) is 13.8 Å². The highest BCUT2D eigenvalue weighted by Crippen LogP contribution is 2.27. The lowest BCUT2D eigenvalue weighted by Gasteiger charge is -2.23. The number of aliphatic hydroxyl groups excluding tert-OH is 1. The number of carbonyl (C=O) groups is 1. The molecule has 3 aromatic rings. The molecule has 0 aliphatic heterocycles. The summed E-state index contributed by atoms with van der Waals surface area (Å²) in [5.41, 5.74) is 1.58. The van der Waals surface area contributed by atoms with Gasteiger partial charge in [-0.25, -0.2) is 13.2 Å². The summed E-state index contributed by atoms with van der Waals surface area (Å²) in [5.74, 6) is -1.25. The number of H-pyrrole nitrogens is 1. The Morgan fingerprint density at radius 2 is 1.64 bits per heavy atom. The van der Waals surface area contributed by atoms with E-state index in [9.17, 15) is 18.0 Å². The molecule has 0 unspecified atom stereocenters. The molecule has 1 aromatic heterocycles. The van der Waals surface area contributed by atoms with Crippen LogP contribution in [0.1, 0.15) is 53.4 Å². The van der Waals surface area contributed by atoms with Crippen molar-refractivity contribution < 1.29 is 23.1 Å². The van der Waals surface area contributed by atoms with Crippen molar-refractivity contribution >= 4 is 16.8 Å². The van der Waals surface area contributed by atoms with Crippen molar-refractivity contribution in [1.29, 1.82) is 0 Å². The zero-order chi connectivity index (χ0) is 24.8. The standard InChI is InChI=1S/C14H8F3N.C7H13NO2.C3H8.C2H6/c15-10-3-1-8(2-4-10)13-6-9-5-11(16)7-12(17)14(9)18-13;9-5-4-8-7(10)6-2-1-3-6;1-3-2;1-2/h1-7,18H;6,9H,1-5H2,(H,8,10);3H2,1-2H3;1-2H3. The molecule has 0 spiro atoms. The van der Waals surface area contributed by atoms with Gasteiger partial charge in [-0.1, -0.05) is 40.5 Å². The molecule has 33 heavy (non-hydrogen) atoms. The maximum absolute atomic E-state index is 13.5. The smallest absolute Gasteiger partial charge is 0.223 e. The summed E-state index contributed by atoms with van der Waals surface area (Å²) in [6.07, 6.45) is 4.48. The number of aromatic amines is 1. The van der Waals surface area contributed by atoms with Crippen LogP contribution >= 0.6 is 0 Å². The first-order valence-electron chi connectivity index (χ1n) is 11.5. The molecule has 0 atom stereocenters. The van der Waals surface area contributed by atoms with Gasteiger partial charge in [0, 0.05) is 29.6 Å². The van der Waals surface area contributed by atoms with E-state index in [1.165, 1.54) is 31.0 Å². The number of nitrogens with one attached hydrogen (secondary N) is 2. The van der Waals surface area contributed by atoms with E-state index in [2.05, 4.69) is 24.1 Å². The highest BCUT2D eigenvalue weighted by Gasteiger charge is 2.24. The van der Waals surface area contributed by atoms with Crippen LogP contribution in [0.3, 0.4) is 0 Å². The molecule has 182 valence electrons. The fourth-order valence-electron chi connectivity index (χ4n) is 2.94. The van der Waals surface area contributed by atoms with Crippen molar-refractivity contribution in [1.82, 2.24) is 10.3 Å². The number of benzene rings is 2. The molecule has 0 saturated heterocycles. The van der Waals surface area contributed by atoms with E-state index >= 15 is 0 Å². The van der Waals surface area contributed by atoms with Crippen LogP contribution < -0.4 is 5.32 Å². The largest absolute Gasteiger partial charge is 0.395 e. The molecule has 1 aliphatic rings. The van der Waals surface area contributed by atoms with Crippen molar-refractivity contribution in [3.05, 3.63) is 59.9 Å². The number of fused-ring (bicyclic) bond motifs is 1. The van der Waals surface area contributed by atoms with Crippen LogP contribution in [0.25, 0.3) is 22.2 Å². The number of aromatic nitrogens is 1. The molecule has 1 fully saturated rings. The zero-order valence-corrected chi connectivity index (χ0v) is 19.9. The number of halogens is 3. The minimum atomic E-state index is -0.640. The Bertz CT molecular complexity index is 968. The van der Waals surface area contributed by atoms with Gasteiger partial charge in [0.1, 0.15) is 17.5 Å². The van der Waals surface area contributed by atoms with Crippen molar-refractivity contribution in [3.63, 3.8) is 0 Å². The van der Waals surface area contributed by atoms with Crippen molar-refractivity contribution in [3.8, 4) is 11.3 Å². The van der Waals surface area contributed by atoms with Crippen LogP contribution in [0.15, 0.2) is 42.5 Å². The fourth-order valence-corrected chi connectivity index (χ4v) is 2.94. The second-order valence-electron chi connectivity index (χ2n) is 7.39. The van der Waals surface area contributed by atoms with E-state index < -0.39 is 11.6 Å². The highest BCUT2D eigenvalue weighted by molar-refractivity contribution is 5.86. The minimum absolute atomic E-state index is 0.0401. The Hall–Kier alpha value is -2.80. The molecule has 4 nitrogen and oxygen atoms in total. The second kappa shape index (κ2) is 15.1. The van der Waals surface area contributed by atoms with Crippen LogP contribution in [0, 0.1) is 23.4 Å². The zero-order valence-electron chi connectivity index (χ0n) is 19.9. The summed E-state index contributed by atoms with van der Waals surface area (Å²) in [7, 11) is 0. The predicted octanol–water partition coefficient (Wildman–Crippen LogP) is 6.59. The van der Waals surface area contributed by atoms with Gasteiger partial charge in [-0.2, -0.15) is 0 Å². The number of hydrogen-bond donors (Lipinski definition) is 3.